The highest BCUT2D eigenvalue weighted by molar-refractivity contribution is 5.76. The molecule has 2 atom stereocenters. The van der Waals surface area contributed by atoms with E-state index in [9.17, 15) is 9.90 Å². The van der Waals surface area contributed by atoms with Gasteiger partial charge < -0.3 is 9.52 Å². The van der Waals surface area contributed by atoms with Crippen LogP contribution in [0.15, 0.2) is 34.9 Å². The number of aliphatic carboxylic acids is 1. The molecule has 2 aromatic rings. The number of hydrogen-bond donors (Lipinski definition) is 1. The number of carboxylic acid groups (broad SMARTS) is 1. The zero-order valence-corrected chi connectivity index (χ0v) is 13.9. The van der Waals surface area contributed by atoms with E-state index >= 15 is 0 Å². The molecule has 1 saturated heterocycles. The fourth-order valence-electron chi connectivity index (χ4n) is 4.29. The van der Waals surface area contributed by atoms with E-state index in [1.165, 1.54) is 5.56 Å². The van der Waals surface area contributed by atoms with Crippen molar-refractivity contribution in [2.45, 2.75) is 32.7 Å². The van der Waals surface area contributed by atoms with Gasteiger partial charge in [-0.2, -0.15) is 0 Å². The van der Waals surface area contributed by atoms with Gasteiger partial charge in [-0.3, -0.25) is 9.69 Å². The third kappa shape index (κ3) is 2.53. The summed E-state index contributed by atoms with van der Waals surface area (Å²) in [6, 6.07) is 8.16. The zero-order chi connectivity index (χ0) is 16.7. The molecule has 5 nitrogen and oxygen atoms in total. The molecular weight excluding hydrogens is 304 g/mol. The molecule has 0 amide bonds. The Morgan fingerprint density at radius 3 is 2.92 bits per heavy atom. The van der Waals surface area contributed by atoms with Gasteiger partial charge in [-0.15, -0.1) is 0 Å². The maximum atomic E-state index is 11.8. The second-order valence-corrected chi connectivity index (χ2v) is 7.20. The number of hydrogen-bond acceptors (Lipinski definition) is 4. The average Bonchev–Trinajstić information content (AvgIpc) is 3.22. The number of fused-ring (bicyclic) bond motifs is 1. The number of oxazole rings is 1. The van der Waals surface area contributed by atoms with Crippen molar-refractivity contribution >= 4 is 5.97 Å². The Bertz CT molecular complexity index is 752. The smallest absolute Gasteiger partial charge is 0.311 e. The van der Waals surface area contributed by atoms with E-state index in [4.69, 9.17) is 4.42 Å². The van der Waals surface area contributed by atoms with Crippen molar-refractivity contribution < 1.29 is 14.3 Å². The van der Waals surface area contributed by atoms with Crippen molar-refractivity contribution in [2.75, 3.05) is 13.1 Å². The van der Waals surface area contributed by atoms with Gasteiger partial charge in [0.05, 0.1) is 18.2 Å². The van der Waals surface area contributed by atoms with Crippen LogP contribution in [-0.4, -0.2) is 34.0 Å². The molecule has 126 valence electrons. The SMILES string of the molecule is Cc1ccc(-c2cnc(CN3C[C@@H]4CCC[C@@]4(C(=O)O)C3)o2)cc1. The molecule has 24 heavy (non-hydrogen) atoms. The standard InChI is InChI=1S/C19H22N2O3/c1-13-4-6-14(7-5-13)16-9-20-17(24-16)11-21-10-15-3-2-8-19(15,12-21)18(22)23/h4-7,9,15H,2-3,8,10-12H2,1H3,(H,22,23)/t15-,19+/m0/s1. The summed E-state index contributed by atoms with van der Waals surface area (Å²) < 4.78 is 5.89. The summed E-state index contributed by atoms with van der Waals surface area (Å²) in [6.07, 6.45) is 4.60. The summed E-state index contributed by atoms with van der Waals surface area (Å²) in [7, 11) is 0. The molecule has 1 aliphatic heterocycles. The van der Waals surface area contributed by atoms with Gasteiger partial charge in [0, 0.05) is 18.7 Å². The van der Waals surface area contributed by atoms with Crippen LogP contribution >= 0.6 is 0 Å². The van der Waals surface area contributed by atoms with Crippen LogP contribution in [0.2, 0.25) is 0 Å². The minimum Gasteiger partial charge on any atom is -0.481 e. The fraction of sp³-hybridized carbons (Fsp3) is 0.474. The molecule has 5 heteroatoms. The Kier molecular flexibility index (Phi) is 3.68. The highest BCUT2D eigenvalue weighted by Crippen LogP contribution is 2.49. The maximum absolute atomic E-state index is 11.8. The van der Waals surface area contributed by atoms with E-state index in [0.717, 1.165) is 37.1 Å². The van der Waals surface area contributed by atoms with Crippen molar-refractivity contribution in [1.82, 2.24) is 9.88 Å². The van der Waals surface area contributed by atoms with Gasteiger partial charge >= 0.3 is 5.97 Å². The van der Waals surface area contributed by atoms with Crippen molar-refractivity contribution in [2.24, 2.45) is 11.3 Å². The van der Waals surface area contributed by atoms with Crippen LogP contribution in [0.4, 0.5) is 0 Å². The average molecular weight is 326 g/mol. The Morgan fingerprint density at radius 1 is 1.42 bits per heavy atom. The Balaban J connectivity index is 1.47. The first-order valence-corrected chi connectivity index (χ1v) is 8.54. The van der Waals surface area contributed by atoms with E-state index < -0.39 is 11.4 Å². The molecule has 2 aliphatic rings. The number of nitrogens with zero attached hydrogens (tertiary/aromatic N) is 2. The van der Waals surface area contributed by atoms with Gasteiger partial charge in [0.1, 0.15) is 0 Å². The minimum atomic E-state index is -0.639. The molecule has 0 unspecified atom stereocenters. The zero-order valence-electron chi connectivity index (χ0n) is 13.9. The fourth-order valence-corrected chi connectivity index (χ4v) is 4.29. The quantitative estimate of drug-likeness (QED) is 0.933. The summed E-state index contributed by atoms with van der Waals surface area (Å²) in [5.74, 6) is 1.05. The van der Waals surface area contributed by atoms with Crippen molar-refractivity contribution in [3.63, 3.8) is 0 Å². The second kappa shape index (κ2) is 5.74. The number of rotatable bonds is 4. The van der Waals surface area contributed by atoms with Crippen LogP contribution in [-0.2, 0) is 11.3 Å². The largest absolute Gasteiger partial charge is 0.481 e. The predicted molar refractivity (Wildman–Crippen MR) is 89.4 cm³/mol. The van der Waals surface area contributed by atoms with Crippen LogP contribution in [0.1, 0.15) is 30.7 Å². The van der Waals surface area contributed by atoms with Gasteiger partial charge in [0.25, 0.3) is 0 Å². The highest BCUT2D eigenvalue weighted by atomic mass is 16.4. The van der Waals surface area contributed by atoms with E-state index in [2.05, 4.69) is 28.9 Å². The van der Waals surface area contributed by atoms with Crippen LogP contribution in [0.5, 0.6) is 0 Å². The molecule has 0 bridgehead atoms. The van der Waals surface area contributed by atoms with E-state index in [1.54, 1.807) is 6.20 Å². The molecule has 1 aromatic carbocycles. The lowest BCUT2D eigenvalue weighted by atomic mass is 9.81. The Morgan fingerprint density at radius 2 is 2.21 bits per heavy atom. The lowest BCUT2D eigenvalue weighted by molar-refractivity contribution is -0.149. The summed E-state index contributed by atoms with van der Waals surface area (Å²) in [4.78, 5) is 18.3. The first-order chi connectivity index (χ1) is 11.6. The number of benzene rings is 1. The lowest BCUT2D eigenvalue weighted by Crippen LogP contribution is -2.35. The van der Waals surface area contributed by atoms with E-state index in [1.807, 2.05) is 12.1 Å². The highest BCUT2D eigenvalue weighted by Gasteiger charge is 2.54. The number of carboxylic acids is 1. The maximum Gasteiger partial charge on any atom is 0.311 e. The summed E-state index contributed by atoms with van der Waals surface area (Å²) in [6.45, 7) is 4.07. The molecule has 4 rings (SSSR count). The van der Waals surface area contributed by atoms with Gasteiger partial charge in [-0.05, 0) is 25.7 Å². The minimum absolute atomic E-state index is 0.265. The molecule has 2 fully saturated rings. The van der Waals surface area contributed by atoms with Crippen molar-refractivity contribution in [3.05, 3.63) is 41.9 Å². The Labute approximate surface area is 141 Å². The van der Waals surface area contributed by atoms with E-state index in [0.29, 0.717) is 19.0 Å². The molecular formula is C19H22N2O3. The first-order valence-electron chi connectivity index (χ1n) is 8.54. The first kappa shape index (κ1) is 15.4. The van der Waals surface area contributed by atoms with Gasteiger partial charge in [0.15, 0.2) is 5.76 Å². The monoisotopic (exact) mass is 326 g/mol. The third-order valence-corrected chi connectivity index (χ3v) is 5.62. The molecule has 0 radical (unpaired) electrons. The van der Waals surface area contributed by atoms with Crippen LogP contribution in [0, 0.1) is 18.3 Å². The molecule has 1 saturated carbocycles. The molecule has 1 aromatic heterocycles. The second-order valence-electron chi connectivity index (χ2n) is 7.20. The Hall–Kier alpha value is -2.14. The normalized spacial score (nSPS) is 26.6. The van der Waals surface area contributed by atoms with Crippen molar-refractivity contribution in [1.29, 1.82) is 0 Å². The lowest BCUT2D eigenvalue weighted by Gasteiger charge is -2.23. The molecule has 1 aliphatic carbocycles. The number of likely N-dealkylation sites (tertiary alicyclic amines) is 1. The van der Waals surface area contributed by atoms with Crippen molar-refractivity contribution in [3.8, 4) is 11.3 Å². The van der Waals surface area contributed by atoms with Crippen LogP contribution in [0.3, 0.4) is 0 Å². The molecule has 2 heterocycles. The number of aromatic nitrogens is 1. The van der Waals surface area contributed by atoms with Crippen LogP contribution in [0.25, 0.3) is 11.3 Å². The van der Waals surface area contributed by atoms with Gasteiger partial charge in [-0.25, -0.2) is 4.98 Å². The van der Waals surface area contributed by atoms with Gasteiger partial charge in [0.2, 0.25) is 5.89 Å². The van der Waals surface area contributed by atoms with E-state index in [-0.39, 0.29) is 5.92 Å². The van der Waals surface area contributed by atoms with Crippen LogP contribution < -0.4 is 0 Å². The topological polar surface area (TPSA) is 66.6 Å². The third-order valence-electron chi connectivity index (χ3n) is 5.62. The summed E-state index contributed by atoms with van der Waals surface area (Å²) >= 11 is 0. The molecule has 1 N–H and O–H groups in total. The number of carbonyl (C=O) groups is 1. The predicted octanol–water partition coefficient (Wildman–Crippen LogP) is 3.34. The summed E-state index contributed by atoms with van der Waals surface area (Å²) in [5, 5.41) is 9.67. The number of aryl methyl sites for hydroxylation is 1. The summed E-state index contributed by atoms with van der Waals surface area (Å²) in [5.41, 5.74) is 1.67. The molecule has 0 spiro atoms. The van der Waals surface area contributed by atoms with Gasteiger partial charge in [-0.1, -0.05) is 36.2 Å².